The molecule has 3 nitrogen and oxygen atoms in total. The van der Waals surface area contributed by atoms with Gasteiger partial charge in [-0.05, 0) is 0 Å². The number of aromatic nitrogens is 1. The lowest BCUT2D eigenvalue weighted by Crippen LogP contribution is -1.91. The van der Waals surface area contributed by atoms with Crippen molar-refractivity contribution in [3.63, 3.8) is 0 Å². The number of carboxylic acids is 1. The molecule has 0 radical (unpaired) electrons. The molecule has 0 aliphatic heterocycles. The van der Waals surface area contributed by atoms with Crippen LogP contribution in [0.1, 0.15) is 34.4 Å². The molecule has 12 heavy (non-hydrogen) atoms. The van der Waals surface area contributed by atoms with E-state index in [0.717, 1.165) is 16.3 Å². The van der Waals surface area contributed by atoms with E-state index in [1.165, 1.54) is 0 Å². The van der Waals surface area contributed by atoms with Crippen LogP contribution in [0.3, 0.4) is 0 Å². The molecule has 0 saturated carbocycles. The maximum absolute atomic E-state index is 10.5. The van der Waals surface area contributed by atoms with E-state index in [9.17, 15) is 4.79 Å². The molecule has 1 rings (SSSR count). The van der Waals surface area contributed by atoms with Gasteiger partial charge in [-0.1, -0.05) is 25.4 Å². The first-order valence-electron chi connectivity index (χ1n) is 3.42. The van der Waals surface area contributed by atoms with Crippen molar-refractivity contribution < 1.29 is 9.90 Å². The monoisotopic (exact) mass is 205 g/mol. The predicted molar refractivity (Wildman–Crippen MR) is 48.2 cm³/mol. The molecule has 1 aromatic rings. The molecule has 0 spiro atoms. The fourth-order valence-electron chi connectivity index (χ4n) is 0.696. The summed E-state index contributed by atoms with van der Waals surface area (Å²) >= 11 is 6.74. The summed E-state index contributed by atoms with van der Waals surface area (Å²) in [5.41, 5.74) is 0. The van der Waals surface area contributed by atoms with Gasteiger partial charge in [0.05, 0.1) is 5.01 Å². The molecule has 0 fully saturated rings. The normalized spacial score (nSPS) is 10.7. The second-order valence-corrected chi connectivity index (χ2v) is 4.02. The predicted octanol–water partition coefficient (Wildman–Crippen LogP) is 2.62. The van der Waals surface area contributed by atoms with Crippen LogP contribution in [-0.4, -0.2) is 16.1 Å². The van der Waals surface area contributed by atoms with Gasteiger partial charge in [0.2, 0.25) is 0 Å². The van der Waals surface area contributed by atoms with Gasteiger partial charge in [0, 0.05) is 5.92 Å². The van der Waals surface area contributed by atoms with Crippen LogP contribution in [0.4, 0.5) is 0 Å². The zero-order valence-corrected chi connectivity index (χ0v) is 8.24. The van der Waals surface area contributed by atoms with E-state index in [1.807, 2.05) is 13.8 Å². The molecule has 0 unspecified atom stereocenters. The summed E-state index contributed by atoms with van der Waals surface area (Å²) in [6.07, 6.45) is 0. The fraction of sp³-hybridized carbons (Fsp3) is 0.429. The quantitative estimate of drug-likeness (QED) is 0.808. The number of hydrogen-bond acceptors (Lipinski definition) is 3. The zero-order valence-electron chi connectivity index (χ0n) is 6.67. The van der Waals surface area contributed by atoms with E-state index in [4.69, 9.17) is 16.7 Å². The van der Waals surface area contributed by atoms with E-state index >= 15 is 0 Å². The van der Waals surface area contributed by atoms with E-state index < -0.39 is 5.97 Å². The molecule has 0 saturated heterocycles. The standard InChI is InChI=1S/C7H8ClNO2S/c1-3(2)6-9-5(8)4(12-6)7(10)11/h3H,1-2H3,(H,10,11). The molecular formula is C7H8ClNO2S. The van der Waals surface area contributed by atoms with Crippen molar-refractivity contribution in [2.24, 2.45) is 0 Å². The van der Waals surface area contributed by atoms with Gasteiger partial charge in [-0.2, -0.15) is 0 Å². The van der Waals surface area contributed by atoms with E-state index in [2.05, 4.69) is 4.98 Å². The number of carbonyl (C=O) groups is 1. The molecule has 0 amide bonds. The van der Waals surface area contributed by atoms with Gasteiger partial charge in [0.25, 0.3) is 0 Å². The van der Waals surface area contributed by atoms with Crippen molar-refractivity contribution in [1.29, 1.82) is 0 Å². The first-order chi connectivity index (χ1) is 5.52. The number of aromatic carboxylic acids is 1. The van der Waals surface area contributed by atoms with Crippen LogP contribution >= 0.6 is 22.9 Å². The molecular weight excluding hydrogens is 198 g/mol. The Balaban J connectivity index is 3.09. The Morgan fingerprint density at radius 1 is 1.67 bits per heavy atom. The van der Waals surface area contributed by atoms with Crippen LogP contribution < -0.4 is 0 Å². The van der Waals surface area contributed by atoms with Crippen molar-refractivity contribution in [2.75, 3.05) is 0 Å². The highest BCUT2D eigenvalue weighted by atomic mass is 35.5. The highest BCUT2D eigenvalue weighted by molar-refractivity contribution is 7.14. The summed E-state index contributed by atoms with van der Waals surface area (Å²) in [5.74, 6) is -0.787. The maximum Gasteiger partial charge on any atom is 0.349 e. The Morgan fingerprint density at radius 2 is 2.25 bits per heavy atom. The highest BCUT2D eigenvalue weighted by Gasteiger charge is 2.16. The van der Waals surface area contributed by atoms with Gasteiger partial charge in [0.15, 0.2) is 10.0 Å². The first kappa shape index (κ1) is 9.48. The SMILES string of the molecule is CC(C)c1nc(Cl)c(C(=O)O)s1. The molecule has 1 aromatic heterocycles. The summed E-state index contributed by atoms with van der Waals surface area (Å²) < 4.78 is 0. The minimum Gasteiger partial charge on any atom is -0.477 e. The number of halogens is 1. The summed E-state index contributed by atoms with van der Waals surface area (Å²) in [7, 11) is 0. The van der Waals surface area contributed by atoms with Gasteiger partial charge < -0.3 is 5.11 Å². The van der Waals surface area contributed by atoms with Gasteiger partial charge in [-0.25, -0.2) is 9.78 Å². The van der Waals surface area contributed by atoms with Crippen LogP contribution in [0.25, 0.3) is 0 Å². The Bertz CT molecular complexity index is 308. The lowest BCUT2D eigenvalue weighted by Gasteiger charge is -1.94. The molecule has 0 aromatic carbocycles. The molecule has 1 N–H and O–H groups in total. The summed E-state index contributed by atoms with van der Waals surface area (Å²) in [5, 5.41) is 9.50. The number of nitrogens with zero attached hydrogens (tertiary/aromatic N) is 1. The van der Waals surface area contributed by atoms with Crippen LogP contribution in [0, 0.1) is 0 Å². The lowest BCUT2D eigenvalue weighted by molar-refractivity contribution is 0.0702. The minimum absolute atomic E-state index is 0.0937. The molecule has 0 aliphatic carbocycles. The Kier molecular flexibility index (Phi) is 2.69. The zero-order chi connectivity index (χ0) is 9.30. The average molecular weight is 206 g/mol. The van der Waals surface area contributed by atoms with Crippen LogP contribution in [0.15, 0.2) is 0 Å². The molecule has 0 bridgehead atoms. The largest absolute Gasteiger partial charge is 0.477 e. The molecule has 66 valence electrons. The van der Waals surface area contributed by atoms with Gasteiger partial charge in [-0.3, -0.25) is 0 Å². The Morgan fingerprint density at radius 3 is 2.50 bits per heavy atom. The third-order valence-electron chi connectivity index (χ3n) is 1.29. The van der Waals surface area contributed by atoms with Gasteiger partial charge in [0.1, 0.15) is 0 Å². The van der Waals surface area contributed by atoms with Crippen molar-refractivity contribution in [3.8, 4) is 0 Å². The lowest BCUT2D eigenvalue weighted by atomic mass is 10.2. The van der Waals surface area contributed by atoms with E-state index in [-0.39, 0.29) is 15.9 Å². The summed E-state index contributed by atoms with van der Waals surface area (Å²) in [4.78, 5) is 14.6. The van der Waals surface area contributed by atoms with Crippen LogP contribution in [0.5, 0.6) is 0 Å². The second-order valence-electron chi connectivity index (χ2n) is 2.63. The Hall–Kier alpha value is -0.610. The number of thiazole rings is 1. The first-order valence-corrected chi connectivity index (χ1v) is 4.61. The average Bonchev–Trinajstić information content (AvgIpc) is 2.30. The number of rotatable bonds is 2. The topological polar surface area (TPSA) is 50.2 Å². The molecule has 1 heterocycles. The van der Waals surface area contributed by atoms with Crippen molar-refractivity contribution in [1.82, 2.24) is 4.98 Å². The third-order valence-corrected chi connectivity index (χ3v) is 3.02. The van der Waals surface area contributed by atoms with Crippen LogP contribution in [-0.2, 0) is 0 Å². The molecule has 5 heteroatoms. The maximum atomic E-state index is 10.5. The third kappa shape index (κ3) is 1.76. The van der Waals surface area contributed by atoms with Crippen molar-refractivity contribution in [3.05, 3.63) is 15.0 Å². The Labute approximate surface area is 79.0 Å². The minimum atomic E-state index is -1.01. The highest BCUT2D eigenvalue weighted by Crippen LogP contribution is 2.27. The number of hydrogen-bond donors (Lipinski definition) is 1. The van der Waals surface area contributed by atoms with E-state index in [0.29, 0.717) is 0 Å². The van der Waals surface area contributed by atoms with E-state index in [1.54, 1.807) is 0 Å². The van der Waals surface area contributed by atoms with Crippen molar-refractivity contribution in [2.45, 2.75) is 19.8 Å². The number of carboxylic acid groups (broad SMARTS) is 1. The van der Waals surface area contributed by atoms with Crippen molar-refractivity contribution >= 4 is 28.9 Å². The fourth-order valence-corrected chi connectivity index (χ4v) is 1.83. The van der Waals surface area contributed by atoms with Gasteiger partial charge >= 0.3 is 5.97 Å². The molecule has 0 atom stereocenters. The second kappa shape index (κ2) is 3.41. The smallest absolute Gasteiger partial charge is 0.349 e. The van der Waals surface area contributed by atoms with Gasteiger partial charge in [-0.15, -0.1) is 11.3 Å². The summed E-state index contributed by atoms with van der Waals surface area (Å²) in [6.45, 7) is 3.89. The molecule has 0 aliphatic rings. The van der Waals surface area contributed by atoms with Crippen LogP contribution in [0.2, 0.25) is 5.15 Å². The summed E-state index contributed by atoms with van der Waals surface area (Å²) in [6, 6.07) is 0.